The predicted molar refractivity (Wildman–Crippen MR) is 99.6 cm³/mol. The molecule has 0 spiro atoms. The minimum atomic E-state index is -2.30. The number of benzene rings is 1. The van der Waals surface area contributed by atoms with Crippen LogP contribution in [0.4, 0.5) is 0 Å². The summed E-state index contributed by atoms with van der Waals surface area (Å²) in [5, 5.41) is 52.0. The van der Waals surface area contributed by atoms with Gasteiger partial charge < -0.3 is 30.3 Å². The summed E-state index contributed by atoms with van der Waals surface area (Å²) in [6.45, 7) is -0.727. The van der Waals surface area contributed by atoms with Gasteiger partial charge in [0.15, 0.2) is 0 Å². The highest BCUT2D eigenvalue weighted by Gasteiger charge is 2.57. The number of phenols is 1. The molecule has 0 bridgehead atoms. The Kier molecular flexibility index (Phi) is 6.05. The Morgan fingerprint density at radius 3 is 2.43 bits per heavy atom. The lowest BCUT2D eigenvalue weighted by Gasteiger charge is -2.36. The smallest absolute Gasteiger partial charge is 0.331 e. The van der Waals surface area contributed by atoms with E-state index in [4.69, 9.17) is 4.74 Å². The van der Waals surface area contributed by atoms with Crippen molar-refractivity contribution in [2.24, 2.45) is 0 Å². The van der Waals surface area contributed by atoms with E-state index in [1.807, 2.05) is 4.98 Å². The van der Waals surface area contributed by atoms with Crippen LogP contribution in [-0.2, 0) is 21.8 Å². The fraction of sp³-hybridized carbons (Fsp3) is 0.389. The summed E-state index contributed by atoms with van der Waals surface area (Å²) in [7, 11) is 0. The maximum absolute atomic E-state index is 12.4. The molecule has 0 amide bonds. The number of aliphatic carboxylic acids is 1. The third kappa shape index (κ3) is 3.99. The molecule has 2 aromatic rings. The molecule has 162 valence electrons. The lowest BCUT2D eigenvalue weighted by Crippen LogP contribution is -2.64. The number of carboxylic acids is 1. The second-order valence-corrected chi connectivity index (χ2v) is 6.86. The Morgan fingerprint density at radius 1 is 1.23 bits per heavy atom. The van der Waals surface area contributed by atoms with Gasteiger partial charge in [-0.2, -0.15) is 0 Å². The Morgan fingerprint density at radius 2 is 1.90 bits per heavy atom. The van der Waals surface area contributed by atoms with E-state index in [1.165, 1.54) is 24.3 Å². The second kappa shape index (κ2) is 8.38. The lowest BCUT2D eigenvalue weighted by atomic mass is 10.0. The zero-order chi connectivity index (χ0) is 22.1. The molecule has 0 radical (unpaired) electrons. The minimum Gasteiger partial charge on any atom is -0.508 e. The van der Waals surface area contributed by atoms with Crippen LogP contribution < -0.4 is 16.6 Å². The molecule has 5 atom stereocenters. The first kappa shape index (κ1) is 21.7. The van der Waals surface area contributed by atoms with Crippen molar-refractivity contribution in [1.29, 1.82) is 0 Å². The number of ether oxygens (including phenoxy) is 1. The average molecular weight is 423 g/mol. The van der Waals surface area contributed by atoms with E-state index in [0.29, 0.717) is 10.1 Å². The zero-order valence-corrected chi connectivity index (χ0v) is 15.5. The van der Waals surface area contributed by atoms with Gasteiger partial charge in [-0.3, -0.25) is 24.5 Å². The van der Waals surface area contributed by atoms with Crippen LogP contribution in [0.2, 0.25) is 0 Å². The van der Waals surface area contributed by atoms with Gasteiger partial charge in [-0.25, -0.2) is 4.79 Å². The van der Waals surface area contributed by atoms with Crippen molar-refractivity contribution < 1.29 is 35.1 Å². The summed E-state index contributed by atoms with van der Waals surface area (Å²) in [4.78, 5) is 37.7. The summed E-state index contributed by atoms with van der Waals surface area (Å²) in [5.74, 6) is -3.68. The number of aromatic amines is 1. The molecule has 1 saturated heterocycles. The van der Waals surface area contributed by atoms with Crippen molar-refractivity contribution in [3.8, 4) is 5.75 Å². The Bertz CT molecular complexity index is 1020. The molecule has 30 heavy (non-hydrogen) atoms. The van der Waals surface area contributed by atoms with E-state index >= 15 is 0 Å². The quantitative estimate of drug-likeness (QED) is 0.245. The van der Waals surface area contributed by atoms with Crippen molar-refractivity contribution in [2.45, 2.75) is 36.6 Å². The van der Waals surface area contributed by atoms with E-state index < -0.39 is 54.0 Å². The standard InChI is InChI=1S/C18H21N3O9/c22-8-12-14(25)15(26)18(30-12,21-6-5-13(24)19-17(21)29)20-11(16(27)28)7-9-1-3-10(23)4-2-9/h1-6,11-12,14-15,20,22-23,25-26H,7-8H2,(H,27,28)(H,19,24,29)/t11-,12+,14+,15+,18-/m0/s1. The molecule has 12 heteroatoms. The molecule has 0 unspecified atom stereocenters. The topological polar surface area (TPSA) is 194 Å². The highest BCUT2D eigenvalue weighted by Crippen LogP contribution is 2.33. The second-order valence-electron chi connectivity index (χ2n) is 6.86. The first-order chi connectivity index (χ1) is 14.2. The third-order valence-electron chi connectivity index (χ3n) is 4.85. The number of nitrogens with one attached hydrogen (secondary N) is 2. The molecule has 1 fully saturated rings. The molecule has 0 saturated carbocycles. The zero-order valence-electron chi connectivity index (χ0n) is 15.5. The number of nitrogens with zero attached hydrogens (tertiary/aromatic N) is 1. The van der Waals surface area contributed by atoms with Gasteiger partial charge in [-0.15, -0.1) is 0 Å². The predicted octanol–water partition coefficient (Wildman–Crippen LogP) is -2.75. The summed E-state index contributed by atoms with van der Waals surface area (Å²) in [6, 6.07) is 5.22. The average Bonchev–Trinajstić information content (AvgIpc) is 2.94. The number of carbonyl (C=O) groups is 1. The Hall–Kier alpha value is -3.03. The van der Waals surface area contributed by atoms with Crippen LogP contribution in [0.1, 0.15) is 5.56 Å². The number of aromatic nitrogens is 2. The van der Waals surface area contributed by atoms with Crippen molar-refractivity contribution in [2.75, 3.05) is 6.61 Å². The van der Waals surface area contributed by atoms with Crippen LogP contribution in [0.25, 0.3) is 0 Å². The number of hydrogen-bond acceptors (Lipinski definition) is 9. The number of phenolic OH excluding ortho intramolecular Hbond substituents is 1. The van der Waals surface area contributed by atoms with Gasteiger partial charge in [0, 0.05) is 12.3 Å². The van der Waals surface area contributed by atoms with Gasteiger partial charge in [0.25, 0.3) is 5.56 Å². The maximum atomic E-state index is 12.4. The first-order valence-corrected chi connectivity index (χ1v) is 8.93. The number of rotatable bonds is 7. The fourth-order valence-corrected chi connectivity index (χ4v) is 3.33. The van der Waals surface area contributed by atoms with Gasteiger partial charge in [-0.05, 0) is 24.1 Å². The number of H-pyrrole nitrogens is 1. The van der Waals surface area contributed by atoms with Gasteiger partial charge in [0.05, 0.1) is 6.61 Å². The molecule has 0 aliphatic carbocycles. The van der Waals surface area contributed by atoms with Crippen molar-refractivity contribution >= 4 is 5.97 Å². The molecule has 1 aliphatic rings. The van der Waals surface area contributed by atoms with Crippen LogP contribution in [0.15, 0.2) is 46.1 Å². The normalized spacial score (nSPS) is 27.1. The van der Waals surface area contributed by atoms with Crippen LogP contribution in [-0.4, -0.2) is 72.0 Å². The summed E-state index contributed by atoms with van der Waals surface area (Å²) in [5.41, 5.74) is -1.27. The molecular weight excluding hydrogens is 402 g/mol. The molecule has 7 N–H and O–H groups in total. The number of carboxylic acid groups (broad SMARTS) is 1. The van der Waals surface area contributed by atoms with Crippen molar-refractivity contribution in [3.05, 3.63) is 62.9 Å². The molecule has 12 nitrogen and oxygen atoms in total. The van der Waals surface area contributed by atoms with E-state index in [0.717, 1.165) is 12.3 Å². The van der Waals surface area contributed by atoms with E-state index in [-0.39, 0.29) is 12.2 Å². The first-order valence-electron chi connectivity index (χ1n) is 8.93. The monoisotopic (exact) mass is 423 g/mol. The molecular formula is C18H21N3O9. The number of aliphatic hydroxyl groups excluding tert-OH is 3. The number of aromatic hydroxyl groups is 1. The van der Waals surface area contributed by atoms with E-state index in [1.54, 1.807) is 0 Å². The maximum Gasteiger partial charge on any atom is 0.331 e. The summed E-state index contributed by atoms with van der Waals surface area (Å²) >= 11 is 0. The van der Waals surface area contributed by atoms with Gasteiger partial charge >= 0.3 is 11.7 Å². The van der Waals surface area contributed by atoms with Gasteiger partial charge in [0.1, 0.15) is 30.1 Å². The van der Waals surface area contributed by atoms with Crippen LogP contribution >= 0.6 is 0 Å². The molecule has 1 aromatic heterocycles. The van der Waals surface area contributed by atoms with Gasteiger partial charge in [0.2, 0.25) is 5.85 Å². The summed E-state index contributed by atoms with van der Waals surface area (Å²) < 4.78 is 6.26. The fourth-order valence-electron chi connectivity index (χ4n) is 3.33. The SMILES string of the molecule is O=C(O)[C@H](Cc1ccc(O)cc1)N[C@@]1(n2ccc(=O)[nH]c2=O)O[C@H](CO)[C@@H](O)[C@H]1O. The Labute approximate surface area is 168 Å². The van der Waals surface area contributed by atoms with E-state index in [2.05, 4.69) is 5.32 Å². The van der Waals surface area contributed by atoms with Crippen molar-refractivity contribution in [1.82, 2.24) is 14.9 Å². The lowest BCUT2D eigenvalue weighted by molar-refractivity contribution is -0.183. The summed E-state index contributed by atoms with van der Waals surface area (Å²) in [6.07, 6.45) is -4.05. The number of hydrogen-bond donors (Lipinski definition) is 7. The molecule has 1 aliphatic heterocycles. The molecule has 1 aromatic carbocycles. The van der Waals surface area contributed by atoms with Gasteiger partial charge in [-0.1, -0.05) is 12.1 Å². The molecule has 2 heterocycles. The van der Waals surface area contributed by atoms with Crippen molar-refractivity contribution in [3.63, 3.8) is 0 Å². The highest BCUT2D eigenvalue weighted by molar-refractivity contribution is 5.74. The van der Waals surface area contributed by atoms with Crippen LogP contribution in [0, 0.1) is 0 Å². The third-order valence-corrected chi connectivity index (χ3v) is 4.85. The minimum absolute atomic E-state index is 0.0155. The van der Waals surface area contributed by atoms with Crippen LogP contribution in [0.5, 0.6) is 5.75 Å². The largest absolute Gasteiger partial charge is 0.508 e. The Balaban J connectivity index is 2.05. The molecule has 3 rings (SSSR count). The highest BCUT2D eigenvalue weighted by atomic mass is 16.6. The van der Waals surface area contributed by atoms with Crippen LogP contribution in [0.3, 0.4) is 0 Å². The van der Waals surface area contributed by atoms with E-state index in [9.17, 15) is 39.9 Å². The number of aliphatic hydroxyl groups is 3.